The Kier molecular flexibility index (Phi) is 7.61. The summed E-state index contributed by atoms with van der Waals surface area (Å²) in [5.41, 5.74) is 15.6. The highest BCUT2D eigenvalue weighted by molar-refractivity contribution is 6.24. The molecule has 0 radical (unpaired) electrons. The van der Waals surface area contributed by atoms with Crippen LogP contribution in [0, 0.1) is 0 Å². The van der Waals surface area contributed by atoms with Crippen molar-refractivity contribution >= 4 is 27.6 Å². The molecule has 0 spiro atoms. The lowest BCUT2D eigenvalue weighted by molar-refractivity contribution is 0.104. The minimum Gasteiger partial charge on any atom is -0.309 e. The first-order valence-corrected chi connectivity index (χ1v) is 19.2. The first kappa shape index (κ1) is 32.7. The van der Waals surface area contributed by atoms with E-state index in [-0.39, 0.29) is 5.78 Å². The number of nitrogens with zero attached hydrogens (tertiary/aromatic N) is 3. The van der Waals surface area contributed by atoms with Crippen LogP contribution in [0.3, 0.4) is 0 Å². The van der Waals surface area contributed by atoms with Gasteiger partial charge in [0.2, 0.25) is 0 Å². The van der Waals surface area contributed by atoms with Crippen LogP contribution in [-0.4, -0.2) is 20.3 Å². The predicted octanol–water partition coefficient (Wildman–Crippen LogP) is 13.1. The summed E-state index contributed by atoms with van der Waals surface area (Å²) in [6.45, 7) is 0. The van der Waals surface area contributed by atoms with E-state index in [1.165, 1.54) is 21.9 Å². The van der Waals surface area contributed by atoms with Gasteiger partial charge in [0.15, 0.2) is 11.6 Å². The first-order valence-electron chi connectivity index (χ1n) is 19.2. The van der Waals surface area contributed by atoms with Crippen LogP contribution in [0.2, 0.25) is 0 Å². The van der Waals surface area contributed by atoms with E-state index >= 15 is 0 Å². The lowest BCUT2D eigenvalue weighted by Gasteiger charge is -2.13. The maximum atomic E-state index is 14.1. The molecule has 266 valence electrons. The molecule has 1 aliphatic rings. The molecule has 0 bridgehead atoms. The van der Waals surface area contributed by atoms with E-state index in [1.807, 2.05) is 72.8 Å². The number of aromatic nitrogens is 3. The van der Waals surface area contributed by atoms with Crippen LogP contribution in [0.5, 0.6) is 0 Å². The Morgan fingerprint density at radius 2 is 0.877 bits per heavy atom. The molecule has 0 amide bonds. The Labute approximate surface area is 330 Å². The van der Waals surface area contributed by atoms with Crippen molar-refractivity contribution in [3.63, 3.8) is 0 Å². The molecule has 10 aromatic rings. The molecule has 0 saturated carbocycles. The summed E-state index contributed by atoms with van der Waals surface area (Å²) < 4.78 is 2.35. The van der Waals surface area contributed by atoms with Gasteiger partial charge in [-0.1, -0.05) is 146 Å². The Hall–Kier alpha value is -7.69. The maximum absolute atomic E-state index is 14.1. The quantitative estimate of drug-likeness (QED) is 0.171. The Morgan fingerprint density at radius 3 is 1.54 bits per heavy atom. The highest BCUT2D eigenvalue weighted by Crippen LogP contribution is 2.45. The van der Waals surface area contributed by atoms with Crippen LogP contribution in [0.25, 0.3) is 94.8 Å². The van der Waals surface area contributed by atoms with E-state index in [4.69, 9.17) is 9.97 Å². The zero-order chi connectivity index (χ0) is 37.9. The van der Waals surface area contributed by atoms with Crippen LogP contribution in [0.15, 0.2) is 200 Å². The summed E-state index contributed by atoms with van der Waals surface area (Å²) in [6, 6.07) is 69.1. The second kappa shape index (κ2) is 13.3. The fourth-order valence-electron chi connectivity index (χ4n) is 8.45. The Bertz CT molecular complexity index is 3110. The van der Waals surface area contributed by atoms with E-state index in [0.717, 1.165) is 67.1 Å². The SMILES string of the molecule is O=C1c2ccc(-c3ccc4c(c3)c3cc(-c5ccccc5)ccc3n4-c3ccccc3)cc2-c2c1cccc2-c1cc(-c2ccccc2)nc(-c2ccccc2)n1. The lowest BCUT2D eigenvalue weighted by atomic mass is 9.93. The van der Waals surface area contributed by atoms with Crippen LogP contribution in [0.4, 0.5) is 0 Å². The molecule has 0 atom stereocenters. The van der Waals surface area contributed by atoms with Gasteiger partial charge >= 0.3 is 0 Å². The highest BCUT2D eigenvalue weighted by atomic mass is 16.1. The Balaban J connectivity index is 1.08. The Morgan fingerprint density at radius 1 is 0.351 bits per heavy atom. The summed E-state index contributed by atoms with van der Waals surface area (Å²) in [6.07, 6.45) is 0. The van der Waals surface area contributed by atoms with Crippen molar-refractivity contribution in [2.45, 2.75) is 0 Å². The van der Waals surface area contributed by atoms with Gasteiger partial charge in [0.05, 0.1) is 22.4 Å². The van der Waals surface area contributed by atoms with Crippen molar-refractivity contribution in [3.05, 3.63) is 211 Å². The van der Waals surface area contributed by atoms with Gasteiger partial charge in [0.25, 0.3) is 0 Å². The van der Waals surface area contributed by atoms with Crippen LogP contribution >= 0.6 is 0 Å². The van der Waals surface area contributed by atoms with Gasteiger partial charge in [-0.2, -0.15) is 0 Å². The monoisotopic (exact) mass is 727 g/mol. The van der Waals surface area contributed by atoms with E-state index < -0.39 is 0 Å². The number of carbonyl (C=O) groups excluding carboxylic acids is 1. The van der Waals surface area contributed by atoms with Crippen LogP contribution in [0.1, 0.15) is 15.9 Å². The molecule has 4 heteroatoms. The number of benzene rings is 8. The summed E-state index contributed by atoms with van der Waals surface area (Å²) in [4.78, 5) is 24.2. The van der Waals surface area contributed by atoms with Gasteiger partial charge in [-0.25, -0.2) is 9.97 Å². The standard InChI is InChI=1S/C53H33N3O/c57-52-41-27-24-38(39-26-29-50-45(31-39)44-30-37(34-14-5-1-6-15-34)25-28-49(44)56(50)40-20-11-4-12-21-40)32-46(41)51-42(22-13-23-43(51)52)48-33-47(35-16-7-2-8-17-35)54-53(55-48)36-18-9-3-10-19-36/h1-33H. The van der Waals surface area contributed by atoms with Gasteiger partial charge < -0.3 is 4.57 Å². The van der Waals surface area contributed by atoms with Gasteiger partial charge in [-0.05, 0) is 82.4 Å². The summed E-state index contributed by atoms with van der Waals surface area (Å²) in [5, 5.41) is 2.36. The molecule has 1 aliphatic carbocycles. The number of ketones is 1. The second-order valence-electron chi connectivity index (χ2n) is 14.5. The minimum absolute atomic E-state index is 0.0313. The molecular weight excluding hydrogens is 695 g/mol. The maximum Gasteiger partial charge on any atom is 0.194 e. The number of carbonyl (C=O) groups is 1. The van der Waals surface area contributed by atoms with E-state index in [1.54, 1.807) is 0 Å². The largest absolute Gasteiger partial charge is 0.309 e. The van der Waals surface area contributed by atoms with Gasteiger partial charge in [-0.15, -0.1) is 0 Å². The molecular formula is C53H33N3O. The average molecular weight is 728 g/mol. The highest BCUT2D eigenvalue weighted by Gasteiger charge is 2.30. The zero-order valence-corrected chi connectivity index (χ0v) is 30.8. The van der Waals surface area contributed by atoms with Crippen LogP contribution < -0.4 is 0 Å². The summed E-state index contributed by atoms with van der Waals surface area (Å²) in [7, 11) is 0. The third-order valence-corrected chi connectivity index (χ3v) is 11.2. The number of fused-ring (bicyclic) bond motifs is 6. The lowest BCUT2D eigenvalue weighted by Crippen LogP contribution is -1.98. The first-order chi connectivity index (χ1) is 28.2. The van der Waals surface area contributed by atoms with Crippen LogP contribution in [-0.2, 0) is 0 Å². The van der Waals surface area contributed by atoms with Crippen molar-refractivity contribution in [2.24, 2.45) is 0 Å². The summed E-state index contributed by atoms with van der Waals surface area (Å²) in [5.74, 6) is 0.671. The topological polar surface area (TPSA) is 47.8 Å². The number of para-hydroxylation sites is 1. The molecule has 0 aliphatic heterocycles. The van der Waals surface area contributed by atoms with E-state index in [0.29, 0.717) is 17.0 Å². The molecule has 2 heterocycles. The molecule has 0 fully saturated rings. The minimum atomic E-state index is 0.0313. The normalized spacial score (nSPS) is 11.9. The average Bonchev–Trinajstić information content (AvgIpc) is 3.77. The van der Waals surface area contributed by atoms with Crippen molar-refractivity contribution in [1.29, 1.82) is 0 Å². The third-order valence-electron chi connectivity index (χ3n) is 11.2. The molecule has 0 unspecified atom stereocenters. The molecule has 0 N–H and O–H groups in total. The fourth-order valence-corrected chi connectivity index (χ4v) is 8.45. The number of rotatable bonds is 6. The van der Waals surface area contributed by atoms with Crippen molar-refractivity contribution in [1.82, 2.24) is 14.5 Å². The molecule has 4 nitrogen and oxygen atoms in total. The molecule has 2 aromatic heterocycles. The van der Waals surface area contributed by atoms with Gasteiger partial charge in [0, 0.05) is 49.8 Å². The predicted molar refractivity (Wildman–Crippen MR) is 232 cm³/mol. The smallest absolute Gasteiger partial charge is 0.194 e. The zero-order valence-electron chi connectivity index (χ0n) is 30.8. The second-order valence-corrected chi connectivity index (χ2v) is 14.5. The van der Waals surface area contributed by atoms with Crippen molar-refractivity contribution < 1.29 is 4.79 Å². The fraction of sp³-hybridized carbons (Fsp3) is 0. The van der Waals surface area contributed by atoms with Gasteiger partial charge in [0.1, 0.15) is 0 Å². The number of hydrogen-bond donors (Lipinski definition) is 0. The van der Waals surface area contributed by atoms with E-state index in [9.17, 15) is 4.79 Å². The number of hydrogen-bond acceptors (Lipinski definition) is 3. The summed E-state index contributed by atoms with van der Waals surface area (Å²) >= 11 is 0. The molecule has 0 saturated heterocycles. The molecule has 8 aromatic carbocycles. The molecule has 11 rings (SSSR count). The van der Waals surface area contributed by atoms with Gasteiger partial charge in [-0.3, -0.25) is 4.79 Å². The van der Waals surface area contributed by atoms with Crippen molar-refractivity contribution in [3.8, 4) is 73.0 Å². The van der Waals surface area contributed by atoms with Crippen molar-refractivity contribution in [2.75, 3.05) is 0 Å². The van der Waals surface area contributed by atoms with E-state index in [2.05, 4.69) is 132 Å². The molecule has 57 heavy (non-hydrogen) atoms. The third kappa shape index (κ3) is 5.50.